The number of fused-ring (bicyclic) bond motifs is 4. The molecule has 1 atom stereocenters. The van der Waals surface area contributed by atoms with Crippen LogP contribution in [-0.2, 0) is 17.2 Å². The molecule has 0 saturated heterocycles. The molecule has 0 amide bonds. The Bertz CT molecular complexity index is 1680. The van der Waals surface area contributed by atoms with Gasteiger partial charge in [0.15, 0.2) is 0 Å². The molecule has 5 heteroatoms. The second-order valence-corrected chi connectivity index (χ2v) is 15.4. The third kappa shape index (κ3) is 3.33. The van der Waals surface area contributed by atoms with Gasteiger partial charge in [0.05, 0.1) is 22.8 Å². The fourth-order valence-corrected chi connectivity index (χ4v) is 12.0. The largest absolute Gasteiger partial charge is 0.310 e. The quantitative estimate of drug-likeness (QED) is 0.216. The molecule has 0 spiro atoms. The molecule has 0 saturated carbocycles. The van der Waals surface area contributed by atoms with E-state index in [9.17, 15) is 0 Å². The minimum absolute atomic E-state index is 0.0775. The van der Waals surface area contributed by atoms with Crippen molar-refractivity contribution in [2.24, 2.45) is 0 Å². The van der Waals surface area contributed by atoms with Crippen molar-refractivity contribution in [3.63, 3.8) is 0 Å². The summed E-state index contributed by atoms with van der Waals surface area (Å²) in [6, 6.07) is 36.9. The average Bonchev–Trinajstić information content (AvgIpc) is 2.94. The smallest absolute Gasteiger partial charge is 0.0815 e. The van der Waals surface area contributed by atoms with Crippen LogP contribution in [0.25, 0.3) is 0 Å². The second-order valence-electron chi connectivity index (χ2n) is 10.0. The summed E-state index contributed by atoms with van der Waals surface area (Å²) in [6.07, 6.45) is 1.87. The molecule has 4 aromatic carbocycles. The molecular weight excluding hydrogens is 507 g/mol. The van der Waals surface area contributed by atoms with Gasteiger partial charge in [-0.05, 0) is 59.7 Å². The van der Waals surface area contributed by atoms with Gasteiger partial charge in [-0.25, -0.2) is 0 Å². The van der Waals surface area contributed by atoms with E-state index in [1.54, 1.807) is 0 Å². The lowest BCUT2D eigenvalue weighted by atomic mass is 9.73. The van der Waals surface area contributed by atoms with Crippen LogP contribution in [0, 0.1) is 0 Å². The van der Waals surface area contributed by atoms with Gasteiger partial charge in [-0.3, -0.25) is 4.98 Å². The summed E-state index contributed by atoms with van der Waals surface area (Å²) in [5.74, 6) is 0. The number of hydrogen-bond acceptors (Lipinski definition) is 4. The summed E-state index contributed by atoms with van der Waals surface area (Å²) in [6.45, 7) is 4.65. The standard InChI is InChI=1S/C32H25N2PS2/c1-32(2)23-11-3-5-13-25(23)34(26-14-6-4-12-24(26)32)22-18-19-28-30(21-22)37-29-16-8-7-15-27(29)35(28,36)31-17-9-10-20-33-31/h3-21H,1-2H3. The Labute approximate surface area is 227 Å². The summed E-state index contributed by atoms with van der Waals surface area (Å²) in [7, 11) is 0. The number of nitrogens with zero attached hydrogens (tertiary/aromatic N) is 2. The van der Waals surface area contributed by atoms with E-state index in [0.717, 1.165) is 11.1 Å². The van der Waals surface area contributed by atoms with E-state index in [-0.39, 0.29) is 5.41 Å². The Morgan fingerprint density at radius 1 is 0.703 bits per heavy atom. The van der Waals surface area contributed by atoms with Gasteiger partial charge in [0, 0.05) is 37.7 Å². The van der Waals surface area contributed by atoms with Crippen LogP contribution in [0.5, 0.6) is 0 Å². The zero-order chi connectivity index (χ0) is 25.2. The Hall–Kier alpha value is -3.17. The number of rotatable bonds is 2. The number of anilines is 3. The molecular formula is C32H25N2PS2. The van der Waals surface area contributed by atoms with Gasteiger partial charge in [-0.2, -0.15) is 0 Å². The number of pyridine rings is 1. The molecule has 1 aromatic heterocycles. The van der Waals surface area contributed by atoms with Gasteiger partial charge in [-0.1, -0.05) is 98.1 Å². The maximum Gasteiger partial charge on any atom is 0.0815 e. The average molecular weight is 533 g/mol. The highest BCUT2D eigenvalue weighted by Gasteiger charge is 2.38. The molecule has 0 aliphatic carbocycles. The van der Waals surface area contributed by atoms with E-state index in [1.807, 2.05) is 24.0 Å². The lowest BCUT2D eigenvalue weighted by Crippen LogP contribution is -2.32. The zero-order valence-corrected chi connectivity index (χ0v) is 23.2. The predicted molar refractivity (Wildman–Crippen MR) is 161 cm³/mol. The van der Waals surface area contributed by atoms with Crippen molar-refractivity contribution >= 4 is 62.7 Å². The molecule has 180 valence electrons. The van der Waals surface area contributed by atoms with E-state index in [1.165, 1.54) is 42.9 Å². The summed E-state index contributed by atoms with van der Waals surface area (Å²) >= 11 is 8.43. The van der Waals surface area contributed by atoms with Crippen LogP contribution in [0.2, 0.25) is 0 Å². The Kier molecular flexibility index (Phi) is 5.23. The second kappa shape index (κ2) is 8.43. The maximum absolute atomic E-state index is 6.61. The monoisotopic (exact) mass is 532 g/mol. The first-order valence-corrected chi connectivity index (χ1v) is 16.0. The van der Waals surface area contributed by atoms with Gasteiger partial charge in [-0.15, -0.1) is 0 Å². The molecule has 2 aliphatic heterocycles. The van der Waals surface area contributed by atoms with Crippen LogP contribution in [0.15, 0.2) is 125 Å². The van der Waals surface area contributed by atoms with Crippen LogP contribution < -0.4 is 20.9 Å². The van der Waals surface area contributed by atoms with Crippen molar-refractivity contribution in [3.05, 3.63) is 127 Å². The molecule has 2 aliphatic rings. The van der Waals surface area contributed by atoms with Crippen LogP contribution in [0.3, 0.4) is 0 Å². The SMILES string of the molecule is CC1(C)c2ccccc2N(c2ccc3c(c2)Sc2ccccc2P3(=S)c2ccccn2)c2ccccc21. The van der Waals surface area contributed by atoms with Gasteiger partial charge in [0.25, 0.3) is 0 Å². The van der Waals surface area contributed by atoms with Gasteiger partial charge in [0.2, 0.25) is 0 Å². The number of benzene rings is 4. The van der Waals surface area contributed by atoms with Gasteiger partial charge < -0.3 is 4.90 Å². The summed E-state index contributed by atoms with van der Waals surface area (Å²) in [5, 5.41) is 2.47. The molecule has 0 N–H and O–H groups in total. The lowest BCUT2D eigenvalue weighted by molar-refractivity contribution is 0.632. The third-order valence-corrected chi connectivity index (χ3v) is 13.8. The molecule has 0 fully saturated rings. The summed E-state index contributed by atoms with van der Waals surface area (Å²) in [4.78, 5) is 9.67. The molecule has 1 unspecified atom stereocenters. The van der Waals surface area contributed by atoms with Crippen molar-refractivity contribution in [2.45, 2.75) is 29.1 Å². The predicted octanol–water partition coefficient (Wildman–Crippen LogP) is 7.41. The van der Waals surface area contributed by atoms with Gasteiger partial charge >= 0.3 is 0 Å². The molecule has 3 heterocycles. The van der Waals surface area contributed by atoms with Crippen molar-refractivity contribution in [1.29, 1.82) is 0 Å². The Morgan fingerprint density at radius 2 is 1.32 bits per heavy atom. The summed E-state index contributed by atoms with van der Waals surface area (Å²) in [5.41, 5.74) is 7.22. The highest BCUT2D eigenvalue weighted by atomic mass is 32.4. The van der Waals surface area contributed by atoms with E-state index in [2.05, 4.69) is 122 Å². The van der Waals surface area contributed by atoms with E-state index < -0.39 is 6.04 Å². The molecule has 0 bridgehead atoms. The Morgan fingerprint density at radius 3 is 2.03 bits per heavy atom. The molecule has 0 radical (unpaired) electrons. The fraction of sp³-hybridized carbons (Fsp3) is 0.0938. The molecule has 2 nitrogen and oxygen atoms in total. The van der Waals surface area contributed by atoms with Crippen molar-refractivity contribution in [2.75, 3.05) is 4.90 Å². The Balaban J connectivity index is 1.46. The highest BCUT2D eigenvalue weighted by Crippen LogP contribution is 2.55. The molecule has 7 rings (SSSR count). The van der Waals surface area contributed by atoms with E-state index >= 15 is 0 Å². The van der Waals surface area contributed by atoms with E-state index in [0.29, 0.717) is 0 Å². The van der Waals surface area contributed by atoms with Crippen LogP contribution in [-0.4, -0.2) is 4.98 Å². The van der Waals surface area contributed by atoms with E-state index in [4.69, 9.17) is 16.8 Å². The minimum atomic E-state index is -2.28. The van der Waals surface area contributed by atoms with Crippen molar-refractivity contribution in [3.8, 4) is 0 Å². The first-order chi connectivity index (χ1) is 18.0. The minimum Gasteiger partial charge on any atom is -0.310 e. The molecule has 37 heavy (non-hydrogen) atoms. The number of aromatic nitrogens is 1. The van der Waals surface area contributed by atoms with Crippen LogP contribution in [0.4, 0.5) is 17.1 Å². The highest BCUT2D eigenvalue weighted by molar-refractivity contribution is 8.26. The maximum atomic E-state index is 6.61. The van der Waals surface area contributed by atoms with Crippen LogP contribution in [0.1, 0.15) is 25.0 Å². The van der Waals surface area contributed by atoms with Crippen molar-refractivity contribution in [1.82, 2.24) is 4.98 Å². The van der Waals surface area contributed by atoms with Crippen molar-refractivity contribution < 1.29 is 0 Å². The third-order valence-electron chi connectivity index (χ3n) is 7.57. The first-order valence-electron chi connectivity index (χ1n) is 12.4. The zero-order valence-electron chi connectivity index (χ0n) is 20.6. The number of hydrogen-bond donors (Lipinski definition) is 0. The topological polar surface area (TPSA) is 16.1 Å². The number of para-hydroxylation sites is 2. The lowest BCUT2D eigenvalue weighted by Gasteiger charge is -2.42. The normalized spacial score (nSPS) is 18.8. The fourth-order valence-electron chi connectivity index (χ4n) is 5.77. The summed E-state index contributed by atoms with van der Waals surface area (Å²) < 4.78 is 0. The van der Waals surface area contributed by atoms with Crippen LogP contribution >= 0.6 is 17.8 Å². The van der Waals surface area contributed by atoms with Gasteiger partial charge in [0.1, 0.15) is 0 Å². The first kappa shape index (κ1) is 23.0. The molecule has 5 aromatic rings.